The molecule has 0 saturated carbocycles. The van der Waals surface area contributed by atoms with Gasteiger partial charge in [0.05, 0.1) is 30.5 Å². The van der Waals surface area contributed by atoms with Gasteiger partial charge < -0.3 is 19.7 Å². The van der Waals surface area contributed by atoms with Crippen LogP contribution in [0.5, 0.6) is 5.75 Å². The second-order valence-corrected chi connectivity index (χ2v) is 9.88. The van der Waals surface area contributed by atoms with Crippen molar-refractivity contribution in [3.63, 3.8) is 0 Å². The third kappa shape index (κ3) is 4.24. The van der Waals surface area contributed by atoms with Gasteiger partial charge in [0.15, 0.2) is 0 Å². The minimum atomic E-state index is -0.313. The molecule has 0 unspecified atom stereocenters. The second kappa shape index (κ2) is 9.44. The normalized spacial score (nSPS) is 12.9. The summed E-state index contributed by atoms with van der Waals surface area (Å²) in [5.41, 5.74) is 3.55. The number of para-hydroxylation sites is 1. The number of amides is 2. The minimum absolute atomic E-state index is 0.203. The van der Waals surface area contributed by atoms with E-state index in [1.165, 1.54) is 11.3 Å². The number of thiophene rings is 1. The van der Waals surface area contributed by atoms with Gasteiger partial charge in [-0.15, -0.1) is 22.7 Å². The summed E-state index contributed by atoms with van der Waals surface area (Å²) in [6, 6.07) is 15.0. The molecule has 34 heavy (non-hydrogen) atoms. The van der Waals surface area contributed by atoms with Gasteiger partial charge in [-0.05, 0) is 55.3 Å². The highest BCUT2D eigenvalue weighted by Gasteiger charge is 2.30. The summed E-state index contributed by atoms with van der Waals surface area (Å²) in [5.74, 6) is 0.489. The van der Waals surface area contributed by atoms with Crippen LogP contribution in [0, 0.1) is 0 Å². The Labute approximate surface area is 205 Å². The molecule has 1 aliphatic rings. The van der Waals surface area contributed by atoms with E-state index in [2.05, 4.69) is 5.32 Å². The molecule has 2 aromatic heterocycles. The van der Waals surface area contributed by atoms with Gasteiger partial charge in [-0.3, -0.25) is 4.79 Å². The summed E-state index contributed by atoms with van der Waals surface area (Å²) >= 11 is 3.10. The highest BCUT2D eigenvalue weighted by atomic mass is 32.1. The van der Waals surface area contributed by atoms with E-state index in [0.29, 0.717) is 37.4 Å². The van der Waals surface area contributed by atoms with Gasteiger partial charge in [-0.25, -0.2) is 9.78 Å². The average molecular weight is 494 g/mol. The zero-order valence-electron chi connectivity index (χ0n) is 18.8. The molecule has 4 aromatic rings. The predicted molar refractivity (Wildman–Crippen MR) is 135 cm³/mol. The van der Waals surface area contributed by atoms with E-state index in [9.17, 15) is 9.59 Å². The number of carbonyl (C=O) groups excluding carboxylic acids is 2. The standard InChI is InChI=1S/C25H23N3O4S2/c1-3-32-25(30)28-13-12-17-20(14-28)34-24(27-22(29)15-8-10-16(31-2)11-9-15)21(17)23-26-18-6-4-5-7-19(18)33-23/h4-11H,3,12-14H2,1-2H3,(H,27,29). The van der Waals surface area contributed by atoms with Gasteiger partial charge in [0, 0.05) is 22.5 Å². The van der Waals surface area contributed by atoms with E-state index in [-0.39, 0.29) is 12.0 Å². The summed E-state index contributed by atoms with van der Waals surface area (Å²) in [7, 11) is 1.59. The van der Waals surface area contributed by atoms with E-state index in [1.807, 2.05) is 24.3 Å². The monoisotopic (exact) mass is 493 g/mol. The number of carbonyl (C=O) groups is 2. The number of thiazole rings is 1. The lowest BCUT2D eigenvalue weighted by atomic mass is 10.0. The SMILES string of the molecule is CCOC(=O)N1CCc2c(sc(NC(=O)c3ccc(OC)cc3)c2-c2nc3ccccc3s2)C1. The molecule has 2 aromatic carbocycles. The quantitative estimate of drug-likeness (QED) is 0.380. The lowest BCUT2D eigenvalue weighted by Crippen LogP contribution is -2.35. The molecule has 2 amide bonds. The first-order chi connectivity index (χ1) is 16.6. The molecule has 7 nitrogen and oxygen atoms in total. The van der Waals surface area contributed by atoms with Crippen molar-refractivity contribution in [3.05, 3.63) is 64.5 Å². The third-order valence-corrected chi connectivity index (χ3v) is 7.86. The summed E-state index contributed by atoms with van der Waals surface area (Å²) in [4.78, 5) is 33.0. The van der Waals surface area contributed by atoms with Crippen molar-refractivity contribution in [2.24, 2.45) is 0 Å². The molecule has 0 radical (unpaired) electrons. The summed E-state index contributed by atoms with van der Waals surface area (Å²) in [6.45, 7) is 3.16. The maximum absolute atomic E-state index is 13.1. The number of benzene rings is 2. The van der Waals surface area contributed by atoms with Crippen LogP contribution in [-0.2, 0) is 17.7 Å². The number of nitrogens with one attached hydrogen (secondary N) is 1. The van der Waals surface area contributed by atoms with E-state index >= 15 is 0 Å². The molecular weight excluding hydrogens is 470 g/mol. The Morgan fingerprint density at radius 1 is 1.12 bits per heavy atom. The molecule has 0 saturated heterocycles. The van der Waals surface area contributed by atoms with Crippen LogP contribution < -0.4 is 10.1 Å². The van der Waals surface area contributed by atoms with Crippen LogP contribution in [-0.4, -0.2) is 42.1 Å². The fraction of sp³-hybridized carbons (Fsp3) is 0.240. The molecular formula is C25H23N3O4S2. The summed E-state index contributed by atoms with van der Waals surface area (Å²) in [5, 5.41) is 4.72. The topological polar surface area (TPSA) is 80.8 Å². The van der Waals surface area contributed by atoms with Gasteiger partial charge in [0.1, 0.15) is 15.8 Å². The lowest BCUT2D eigenvalue weighted by molar-refractivity contribution is 0.102. The molecule has 0 aliphatic carbocycles. The fourth-order valence-corrected chi connectivity index (χ4v) is 6.35. The van der Waals surface area contributed by atoms with Crippen LogP contribution in [0.1, 0.15) is 27.7 Å². The Bertz CT molecular complexity index is 1330. The molecule has 5 rings (SSSR count). The Morgan fingerprint density at radius 2 is 1.91 bits per heavy atom. The molecule has 0 fully saturated rings. The summed E-state index contributed by atoms with van der Waals surface area (Å²) < 4.78 is 11.5. The maximum Gasteiger partial charge on any atom is 0.410 e. The van der Waals surface area contributed by atoms with E-state index in [0.717, 1.165) is 36.2 Å². The first kappa shape index (κ1) is 22.4. The van der Waals surface area contributed by atoms with Crippen LogP contribution >= 0.6 is 22.7 Å². The van der Waals surface area contributed by atoms with E-state index in [1.54, 1.807) is 54.5 Å². The number of rotatable bonds is 5. The predicted octanol–water partition coefficient (Wildman–Crippen LogP) is 5.80. The maximum atomic E-state index is 13.1. The highest BCUT2D eigenvalue weighted by molar-refractivity contribution is 7.23. The Morgan fingerprint density at radius 3 is 2.65 bits per heavy atom. The van der Waals surface area contributed by atoms with Gasteiger partial charge >= 0.3 is 6.09 Å². The smallest absolute Gasteiger partial charge is 0.410 e. The van der Waals surface area contributed by atoms with Crippen molar-refractivity contribution in [2.75, 3.05) is 25.6 Å². The van der Waals surface area contributed by atoms with Crippen LogP contribution in [0.15, 0.2) is 48.5 Å². The number of nitrogens with zero attached hydrogens (tertiary/aromatic N) is 2. The largest absolute Gasteiger partial charge is 0.497 e. The number of fused-ring (bicyclic) bond motifs is 2. The first-order valence-electron chi connectivity index (χ1n) is 10.9. The van der Waals surface area contributed by atoms with Crippen LogP contribution in [0.2, 0.25) is 0 Å². The summed E-state index contributed by atoms with van der Waals surface area (Å²) in [6.07, 6.45) is 0.362. The molecule has 1 N–H and O–H groups in total. The van der Waals surface area contributed by atoms with Gasteiger partial charge in [-0.2, -0.15) is 0 Å². The third-order valence-electron chi connectivity index (χ3n) is 5.67. The van der Waals surface area contributed by atoms with E-state index in [4.69, 9.17) is 14.5 Å². The van der Waals surface area contributed by atoms with Crippen LogP contribution in [0.4, 0.5) is 9.80 Å². The van der Waals surface area contributed by atoms with Crippen molar-refractivity contribution in [3.8, 4) is 16.3 Å². The van der Waals surface area contributed by atoms with Crippen molar-refractivity contribution < 1.29 is 19.1 Å². The zero-order valence-corrected chi connectivity index (χ0v) is 20.4. The minimum Gasteiger partial charge on any atom is -0.497 e. The molecule has 0 spiro atoms. The number of ether oxygens (including phenoxy) is 2. The Kier molecular flexibility index (Phi) is 6.21. The van der Waals surface area contributed by atoms with Crippen molar-refractivity contribution >= 4 is 49.9 Å². The van der Waals surface area contributed by atoms with Crippen molar-refractivity contribution in [2.45, 2.75) is 19.9 Å². The number of anilines is 1. The van der Waals surface area contributed by atoms with Crippen LogP contribution in [0.25, 0.3) is 20.8 Å². The molecule has 9 heteroatoms. The number of hydrogen-bond donors (Lipinski definition) is 1. The second-order valence-electron chi connectivity index (χ2n) is 7.75. The van der Waals surface area contributed by atoms with Crippen LogP contribution in [0.3, 0.4) is 0 Å². The fourth-order valence-electron chi connectivity index (χ4n) is 3.99. The zero-order chi connectivity index (χ0) is 23.7. The Balaban J connectivity index is 1.53. The molecule has 0 bridgehead atoms. The Hall–Kier alpha value is -3.43. The van der Waals surface area contributed by atoms with Crippen molar-refractivity contribution in [1.29, 1.82) is 0 Å². The lowest BCUT2D eigenvalue weighted by Gasteiger charge is -2.26. The molecule has 174 valence electrons. The molecule has 0 atom stereocenters. The molecule has 1 aliphatic heterocycles. The number of aromatic nitrogens is 1. The number of methoxy groups -OCH3 is 1. The van der Waals surface area contributed by atoms with Gasteiger partial charge in [0.25, 0.3) is 5.91 Å². The van der Waals surface area contributed by atoms with Gasteiger partial charge in [-0.1, -0.05) is 12.1 Å². The number of hydrogen-bond acceptors (Lipinski definition) is 7. The van der Waals surface area contributed by atoms with Gasteiger partial charge in [0.2, 0.25) is 0 Å². The first-order valence-corrected chi connectivity index (χ1v) is 12.6. The van der Waals surface area contributed by atoms with E-state index < -0.39 is 0 Å². The highest BCUT2D eigenvalue weighted by Crippen LogP contribution is 2.45. The van der Waals surface area contributed by atoms with Crippen molar-refractivity contribution in [1.82, 2.24) is 9.88 Å². The molecule has 3 heterocycles. The average Bonchev–Trinajstić information content (AvgIpc) is 3.44.